The predicted octanol–water partition coefficient (Wildman–Crippen LogP) is 4.10. The van der Waals surface area contributed by atoms with Crippen molar-refractivity contribution in [2.75, 3.05) is 63.1 Å². The molecule has 0 saturated carbocycles. The molecular weight excluding hydrogens is 681 g/mol. The van der Waals surface area contributed by atoms with Gasteiger partial charge in [0.1, 0.15) is 36.9 Å². The van der Waals surface area contributed by atoms with E-state index < -0.39 is 24.1 Å². The Hall–Kier alpha value is -4.18. The molecule has 270 valence electrons. The molecule has 6 N–H and O–H groups in total. The van der Waals surface area contributed by atoms with E-state index in [1.165, 1.54) is 0 Å². The number of para-hydroxylation sites is 2. The van der Waals surface area contributed by atoms with Crippen molar-refractivity contribution >= 4 is 46.0 Å². The third-order valence-electron chi connectivity index (χ3n) is 7.47. The Morgan fingerprint density at radius 2 is 1.04 bits per heavy atom. The second-order valence-electron chi connectivity index (χ2n) is 11.3. The van der Waals surface area contributed by atoms with Crippen LogP contribution in [0.15, 0.2) is 71.4 Å². The molecule has 2 atom stereocenters. The molecule has 0 aliphatic carbocycles. The Kier molecular flexibility index (Phi) is 16.3. The predicted molar refractivity (Wildman–Crippen MR) is 196 cm³/mol. The Morgan fingerprint density at radius 1 is 0.640 bits per heavy atom. The normalized spacial score (nSPS) is 12.2. The van der Waals surface area contributed by atoms with E-state index >= 15 is 0 Å². The number of aliphatic hydroxyl groups excluding tert-OH is 2. The molecule has 50 heavy (non-hydrogen) atoms. The number of anilines is 2. The Morgan fingerprint density at radius 3 is 1.42 bits per heavy atom. The number of ether oxygens (including phenoxy) is 4. The number of hydrogen-bond acceptors (Lipinski definition) is 14. The molecule has 2 heterocycles. The fraction of sp³-hybridized carbons (Fsp3) is 0.389. The first-order valence-corrected chi connectivity index (χ1v) is 18.2. The molecule has 0 radical (unpaired) electrons. The van der Waals surface area contributed by atoms with Crippen molar-refractivity contribution in [1.82, 2.24) is 10.6 Å². The lowest BCUT2D eigenvalue weighted by atomic mass is 10.2. The van der Waals surface area contributed by atoms with Crippen LogP contribution >= 0.6 is 22.7 Å². The molecule has 0 aliphatic rings. The number of thiophene rings is 2. The summed E-state index contributed by atoms with van der Waals surface area (Å²) in [4.78, 5) is 28.2. The first-order chi connectivity index (χ1) is 24.4. The van der Waals surface area contributed by atoms with Gasteiger partial charge in [0.25, 0.3) is 0 Å². The van der Waals surface area contributed by atoms with E-state index in [1.807, 2.05) is 61.0 Å². The van der Waals surface area contributed by atoms with Crippen molar-refractivity contribution in [2.24, 2.45) is 0 Å². The van der Waals surface area contributed by atoms with Crippen LogP contribution in [0.25, 0.3) is 0 Å². The van der Waals surface area contributed by atoms with Gasteiger partial charge < -0.3 is 50.4 Å². The van der Waals surface area contributed by atoms with Crippen LogP contribution in [0, 0.1) is 13.8 Å². The van der Waals surface area contributed by atoms with Crippen LogP contribution in [0.3, 0.4) is 0 Å². The summed E-state index contributed by atoms with van der Waals surface area (Å²) in [5, 5.41) is 36.2. The molecule has 0 fully saturated rings. The van der Waals surface area contributed by atoms with Crippen molar-refractivity contribution in [3.05, 3.63) is 92.3 Å². The zero-order valence-electron chi connectivity index (χ0n) is 28.3. The number of nitrogens with one attached hydrogen (secondary N) is 4. The zero-order valence-corrected chi connectivity index (χ0v) is 29.9. The molecule has 12 nitrogen and oxygen atoms in total. The van der Waals surface area contributed by atoms with Crippen molar-refractivity contribution in [3.8, 4) is 11.5 Å². The molecule has 0 bridgehead atoms. The highest BCUT2D eigenvalue weighted by atomic mass is 32.1. The zero-order chi connectivity index (χ0) is 35.6. The number of benzene rings is 2. The van der Waals surface area contributed by atoms with E-state index in [1.54, 1.807) is 46.9 Å². The maximum atomic E-state index is 13.0. The number of aliphatic hydroxyl groups is 2. The fourth-order valence-corrected chi connectivity index (χ4v) is 6.54. The summed E-state index contributed by atoms with van der Waals surface area (Å²) < 4.78 is 22.8. The van der Waals surface area contributed by atoms with Gasteiger partial charge in [-0.25, -0.2) is 9.59 Å². The molecule has 0 amide bonds. The average molecular weight is 727 g/mol. The van der Waals surface area contributed by atoms with E-state index in [2.05, 4.69) is 21.3 Å². The second kappa shape index (κ2) is 21.1. The number of hydrogen-bond donors (Lipinski definition) is 6. The van der Waals surface area contributed by atoms with Gasteiger partial charge in [0, 0.05) is 60.1 Å². The molecule has 2 aromatic carbocycles. The van der Waals surface area contributed by atoms with Crippen molar-refractivity contribution in [2.45, 2.75) is 39.3 Å². The summed E-state index contributed by atoms with van der Waals surface area (Å²) in [5.41, 5.74) is 3.53. The minimum Gasteiger partial charge on any atom is -0.490 e. The largest absolute Gasteiger partial charge is 0.490 e. The number of carbonyl (C=O) groups excluding carboxylic acids is 2. The molecule has 2 aromatic heterocycles. The lowest BCUT2D eigenvalue weighted by Gasteiger charge is -2.21. The summed E-state index contributed by atoms with van der Waals surface area (Å²) in [5.74, 6) is -1.07. The molecule has 0 saturated heterocycles. The fourth-order valence-electron chi connectivity index (χ4n) is 4.87. The topological polar surface area (TPSA) is 160 Å². The Labute approximate surface area is 300 Å². The van der Waals surface area contributed by atoms with Gasteiger partial charge in [-0.1, -0.05) is 36.4 Å². The van der Waals surface area contributed by atoms with Crippen LogP contribution in [0.1, 0.15) is 20.9 Å². The van der Waals surface area contributed by atoms with Gasteiger partial charge in [-0.2, -0.15) is 0 Å². The molecule has 4 rings (SSSR count). The van der Waals surface area contributed by atoms with Crippen molar-refractivity contribution in [3.63, 3.8) is 0 Å². The second-order valence-corrected chi connectivity index (χ2v) is 13.4. The van der Waals surface area contributed by atoms with Crippen LogP contribution in [-0.4, -0.2) is 86.8 Å². The van der Waals surface area contributed by atoms with E-state index in [9.17, 15) is 19.8 Å². The van der Waals surface area contributed by atoms with E-state index in [4.69, 9.17) is 18.9 Å². The van der Waals surface area contributed by atoms with Crippen LogP contribution in [0.5, 0.6) is 11.5 Å². The quantitative estimate of drug-likeness (QED) is 0.0392. The third-order valence-corrected chi connectivity index (χ3v) is 9.39. The van der Waals surface area contributed by atoms with Crippen LogP contribution in [0.2, 0.25) is 0 Å². The summed E-state index contributed by atoms with van der Waals surface area (Å²) in [6.07, 6.45) is -1.59. The first kappa shape index (κ1) is 38.6. The summed E-state index contributed by atoms with van der Waals surface area (Å²) in [6, 6.07) is 18.2. The van der Waals surface area contributed by atoms with E-state index in [-0.39, 0.29) is 39.5 Å². The van der Waals surface area contributed by atoms with Gasteiger partial charge >= 0.3 is 11.9 Å². The van der Waals surface area contributed by atoms with E-state index in [0.717, 1.165) is 32.3 Å². The van der Waals surface area contributed by atoms with Gasteiger partial charge in [0.05, 0.1) is 24.6 Å². The molecule has 0 spiro atoms. The first-order valence-electron chi connectivity index (χ1n) is 16.4. The maximum absolute atomic E-state index is 13.0. The smallest absolute Gasteiger partial charge is 0.417 e. The Bertz CT molecular complexity index is 1470. The molecule has 2 unspecified atom stereocenters. The highest BCUT2D eigenvalue weighted by molar-refractivity contribution is 7.10. The SMILES string of the molecule is Cc1scc(CO)c1NCCNCC(COc1ccccc1)OC(=O)C(=O)OC(CNCCNc1c(CO)csc1C)COc1ccccc1. The van der Waals surface area contributed by atoms with E-state index in [0.29, 0.717) is 37.7 Å². The maximum Gasteiger partial charge on any atom is 0.417 e. The summed E-state index contributed by atoms with van der Waals surface area (Å²) in [6.45, 7) is 6.54. The standard InChI is InChI=1S/C36H46N4O8S2/c1-25-33(27(19-41)23-49-25)39-15-13-37-17-31(21-45-29-9-5-3-6-10-29)47-35(43)36(44)48-32(22-46-30-11-7-4-8-12-30)18-38-14-16-40-34-26(2)50-24-28(34)20-42/h3-12,23-24,31-32,37-42H,13-22H2,1-2H3. The number of rotatable bonds is 22. The van der Waals surface area contributed by atoms with Gasteiger partial charge in [0.15, 0.2) is 0 Å². The third kappa shape index (κ3) is 12.6. The lowest BCUT2D eigenvalue weighted by Crippen LogP contribution is -2.42. The van der Waals surface area contributed by atoms with Crippen LogP contribution < -0.4 is 30.7 Å². The molecule has 0 aliphatic heterocycles. The lowest BCUT2D eigenvalue weighted by molar-refractivity contribution is -0.175. The number of esters is 2. The number of aryl methyl sites for hydroxylation is 2. The highest BCUT2D eigenvalue weighted by Crippen LogP contribution is 2.28. The number of carbonyl (C=O) groups is 2. The van der Waals surface area contributed by atoms with Gasteiger partial charge in [-0.15, -0.1) is 22.7 Å². The van der Waals surface area contributed by atoms with Crippen LogP contribution in [-0.2, 0) is 32.3 Å². The molecule has 4 aromatic rings. The van der Waals surface area contributed by atoms with Gasteiger partial charge in [-0.05, 0) is 48.9 Å². The van der Waals surface area contributed by atoms with Crippen LogP contribution in [0.4, 0.5) is 11.4 Å². The minimum absolute atomic E-state index is 0.0124. The van der Waals surface area contributed by atoms with Crippen molar-refractivity contribution < 1.29 is 38.7 Å². The Balaban J connectivity index is 1.30. The minimum atomic E-state index is -1.14. The summed E-state index contributed by atoms with van der Waals surface area (Å²) >= 11 is 3.14. The highest BCUT2D eigenvalue weighted by Gasteiger charge is 2.27. The molecular formula is C36H46N4O8S2. The average Bonchev–Trinajstić information content (AvgIpc) is 3.69. The summed E-state index contributed by atoms with van der Waals surface area (Å²) in [7, 11) is 0. The van der Waals surface area contributed by atoms with Gasteiger partial charge in [-0.3, -0.25) is 0 Å². The molecule has 14 heteroatoms. The van der Waals surface area contributed by atoms with Crippen molar-refractivity contribution in [1.29, 1.82) is 0 Å². The monoisotopic (exact) mass is 726 g/mol. The van der Waals surface area contributed by atoms with Gasteiger partial charge in [0.2, 0.25) is 0 Å².